The number of amides is 1. The van der Waals surface area contributed by atoms with Gasteiger partial charge in [0.1, 0.15) is 5.49 Å². The fourth-order valence-corrected chi connectivity index (χ4v) is 4.03. The van der Waals surface area contributed by atoms with Gasteiger partial charge in [-0.3, -0.25) is 19.9 Å². The number of methoxy groups -OCH3 is 1. The number of nitrogens with one attached hydrogen (secondary N) is 3. The molecule has 3 rings (SSSR count). The van der Waals surface area contributed by atoms with Crippen molar-refractivity contribution in [1.82, 2.24) is 25.1 Å². The van der Waals surface area contributed by atoms with E-state index >= 15 is 0 Å². The van der Waals surface area contributed by atoms with E-state index in [4.69, 9.17) is 10.1 Å². The van der Waals surface area contributed by atoms with Crippen LogP contribution in [0.25, 0.3) is 16.7 Å². The van der Waals surface area contributed by atoms with Crippen LogP contribution in [0.4, 0.5) is 0 Å². The number of aromatic amines is 1. The summed E-state index contributed by atoms with van der Waals surface area (Å²) in [5.74, 6) is -0.0726. The first-order chi connectivity index (χ1) is 14.0. The second-order valence-electron chi connectivity index (χ2n) is 6.76. The van der Waals surface area contributed by atoms with Crippen LogP contribution < -0.4 is 10.8 Å². The number of thioether (sulfide) groups is 1. The number of H-pyrrole nitrogens is 1. The van der Waals surface area contributed by atoms with E-state index in [1.54, 1.807) is 11.7 Å². The summed E-state index contributed by atoms with van der Waals surface area (Å²) in [6.45, 7) is 6.77. The highest BCUT2D eigenvalue weighted by Crippen LogP contribution is 2.27. The Bertz CT molecular complexity index is 1060. The van der Waals surface area contributed by atoms with E-state index in [1.165, 1.54) is 11.8 Å². The van der Waals surface area contributed by atoms with Gasteiger partial charge in [-0.2, -0.15) is 5.10 Å². The summed E-state index contributed by atoms with van der Waals surface area (Å²) in [5, 5.41) is 19.7. The zero-order valence-electron chi connectivity index (χ0n) is 17.1. The van der Waals surface area contributed by atoms with E-state index in [2.05, 4.69) is 20.5 Å². The molecule has 1 amide bonds. The van der Waals surface area contributed by atoms with Gasteiger partial charge in [0.2, 0.25) is 5.91 Å². The molecule has 8 nitrogen and oxygen atoms in total. The summed E-state index contributed by atoms with van der Waals surface area (Å²) in [7, 11) is 1.60. The zero-order chi connectivity index (χ0) is 21.0. The fourth-order valence-electron chi connectivity index (χ4n) is 2.98. The van der Waals surface area contributed by atoms with Crippen molar-refractivity contribution in [2.24, 2.45) is 0 Å². The monoisotopic (exact) mass is 414 g/mol. The standard InChI is InChI=1S/C20H26N6O2S/c1-5-15(19(27)22-10-11-28-4)29-20-23-18-16(13(3)24-25-18)17(21)26(20)14-8-6-12(2)7-9-14/h6-9,15,21H,5,10-11H2,1-4H3,(H,22,27)(H,24,25)/t15-/m1/s1. The highest BCUT2D eigenvalue weighted by molar-refractivity contribution is 8.00. The van der Waals surface area contributed by atoms with Crippen LogP contribution in [0.15, 0.2) is 29.4 Å². The molecular weight excluding hydrogens is 388 g/mol. The molecular formula is C20H26N6O2S. The number of nitrogens with zero attached hydrogens (tertiary/aromatic N) is 3. The van der Waals surface area contributed by atoms with Gasteiger partial charge in [-0.05, 0) is 32.4 Å². The lowest BCUT2D eigenvalue weighted by molar-refractivity contribution is -0.120. The van der Waals surface area contributed by atoms with Crippen LogP contribution in [0.5, 0.6) is 0 Å². The molecule has 0 aliphatic heterocycles. The predicted octanol–water partition coefficient (Wildman–Crippen LogP) is 2.48. The Balaban J connectivity index is 2.06. The smallest absolute Gasteiger partial charge is 0.233 e. The van der Waals surface area contributed by atoms with E-state index in [-0.39, 0.29) is 11.2 Å². The molecule has 3 N–H and O–H groups in total. The SMILES string of the molecule is CC[C@@H](Sc1nc2n[nH]c(C)c2c(=N)n1-c1ccc(C)cc1)C(=O)NCCOC. The van der Waals surface area contributed by atoms with Crippen molar-refractivity contribution in [3.8, 4) is 5.69 Å². The Hall–Kier alpha value is -2.65. The normalized spacial score (nSPS) is 12.3. The quantitative estimate of drug-likeness (QED) is 0.298. The topological polar surface area (TPSA) is 109 Å². The molecule has 0 bridgehead atoms. The summed E-state index contributed by atoms with van der Waals surface area (Å²) < 4.78 is 6.78. The lowest BCUT2D eigenvalue weighted by Gasteiger charge is -2.18. The third kappa shape index (κ3) is 4.51. The third-order valence-corrected chi connectivity index (χ3v) is 5.91. The number of ether oxygens (including phenoxy) is 1. The number of fused-ring (bicyclic) bond motifs is 1. The number of carbonyl (C=O) groups is 1. The first-order valence-electron chi connectivity index (χ1n) is 9.49. The van der Waals surface area contributed by atoms with Crippen molar-refractivity contribution in [2.75, 3.05) is 20.3 Å². The molecule has 154 valence electrons. The van der Waals surface area contributed by atoms with Crippen LogP contribution in [-0.2, 0) is 9.53 Å². The molecule has 29 heavy (non-hydrogen) atoms. The van der Waals surface area contributed by atoms with Gasteiger partial charge in [-0.1, -0.05) is 36.4 Å². The number of hydrogen-bond donors (Lipinski definition) is 3. The molecule has 0 spiro atoms. The van der Waals surface area contributed by atoms with Crippen LogP contribution in [0, 0.1) is 19.3 Å². The molecule has 0 fully saturated rings. The summed E-state index contributed by atoms with van der Waals surface area (Å²) in [5.41, 5.74) is 3.52. The average molecular weight is 415 g/mol. The Morgan fingerprint density at radius 2 is 2.07 bits per heavy atom. The summed E-state index contributed by atoms with van der Waals surface area (Å²) in [6.07, 6.45) is 0.629. The van der Waals surface area contributed by atoms with Crippen LogP contribution in [0.3, 0.4) is 0 Å². The molecule has 1 aromatic carbocycles. The second-order valence-corrected chi connectivity index (χ2v) is 7.93. The third-order valence-electron chi connectivity index (χ3n) is 4.59. The van der Waals surface area contributed by atoms with Crippen LogP contribution in [-0.4, -0.2) is 51.2 Å². The van der Waals surface area contributed by atoms with Crippen LogP contribution in [0.1, 0.15) is 24.6 Å². The van der Waals surface area contributed by atoms with Crippen molar-refractivity contribution in [1.29, 1.82) is 5.41 Å². The minimum Gasteiger partial charge on any atom is -0.383 e. The molecule has 0 aliphatic carbocycles. The van der Waals surface area contributed by atoms with Crippen LogP contribution in [0.2, 0.25) is 0 Å². The maximum Gasteiger partial charge on any atom is 0.233 e. The van der Waals surface area contributed by atoms with Gasteiger partial charge >= 0.3 is 0 Å². The molecule has 2 aromatic heterocycles. The van der Waals surface area contributed by atoms with Gasteiger partial charge in [-0.15, -0.1) is 0 Å². The second kappa shape index (κ2) is 9.23. The lowest BCUT2D eigenvalue weighted by Crippen LogP contribution is -2.35. The first-order valence-corrected chi connectivity index (χ1v) is 10.4. The van der Waals surface area contributed by atoms with E-state index in [9.17, 15) is 4.79 Å². The largest absolute Gasteiger partial charge is 0.383 e. The van der Waals surface area contributed by atoms with E-state index in [0.29, 0.717) is 41.3 Å². The lowest BCUT2D eigenvalue weighted by atomic mass is 10.2. The fraction of sp³-hybridized carbons (Fsp3) is 0.400. The number of hydrogen-bond acceptors (Lipinski definition) is 6. The minimum absolute atomic E-state index is 0.0726. The highest BCUT2D eigenvalue weighted by atomic mass is 32.2. The number of rotatable bonds is 8. The Kier molecular flexibility index (Phi) is 6.71. The van der Waals surface area contributed by atoms with E-state index < -0.39 is 0 Å². The Labute approximate surface area is 173 Å². The molecule has 3 aromatic rings. The van der Waals surface area contributed by atoms with Crippen molar-refractivity contribution < 1.29 is 9.53 Å². The molecule has 0 radical (unpaired) electrons. The van der Waals surface area contributed by atoms with Gasteiger partial charge in [0.05, 0.1) is 17.2 Å². The molecule has 0 saturated heterocycles. The Morgan fingerprint density at radius 3 is 2.72 bits per heavy atom. The molecule has 0 saturated carbocycles. The summed E-state index contributed by atoms with van der Waals surface area (Å²) in [6, 6.07) is 7.91. The molecule has 1 atom stereocenters. The molecule has 0 aliphatic rings. The average Bonchev–Trinajstić information content (AvgIpc) is 3.08. The van der Waals surface area contributed by atoms with E-state index in [0.717, 1.165) is 16.9 Å². The van der Waals surface area contributed by atoms with Crippen molar-refractivity contribution in [3.63, 3.8) is 0 Å². The zero-order valence-corrected chi connectivity index (χ0v) is 17.9. The molecule has 9 heteroatoms. The van der Waals surface area contributed by atoms with Crippen LogP contribution >= 0.6 is 11.8 Å². The van der Waals surface area contributed by atoms with Crippen molar-refractivity contribution in [3.05, 3.63) is 41.0 Å². The summed E-state index contributed by atoms with van der Waals surface area (Å²) >= 11 is 1.34. The maximum atomic E-state index is 12.6. The molecule has 0 unspecified atom stereocenters. The number of aryl methyl sites for hydroxylation is 2. The first kappa shape index (κ1) is 21.1. The number of carbonyl (C=O) groups excluding carboxylic acids is 1. The number of aromatic nitrogens is 4. The Morgan fingerprint density at radius 1 is 1.34 bits per heavy atom. The maximum absolute atomic E-state index is 12.6. The van der Waals surface area contributed by atoms with Crippen molar-refractivity contribution in [2.45, 2.75) is 37.6 Å². The van der Waals surface area contributed by atoms with Gasteiger partial charge in [-0.25, -0.2) is 4.98 Å². The van der Waals surface area contributed by atoms with E-state index in [1.807, 2.05) is 45.0 Å². The van der Waals surface area contributed by atoms with Gasteiger partial charge in [0.15, 0.2) is 10.8 Å². The predicted molar refractivity (Wildman–Crippen MR) is 113 cm³/mol. The summed E-state index contributed by atoms with van der Waals surface area (Å²) in [4.78, 5) is 17.3. The van der Waals surface area contributed by atoms with Gasteiger partial charge in [0, 0.05) is 25.0 Å². The molecule has 2 heterocycles. The van der Waals surface area contributed by atoms with Gasteiger partial charge < -0.3 is 10.1 Å². The number of benzene rings is 1. The van der Waals surface area contributed by atoms with Gasteiger partial charge in [0.25, 0.3) is 0 Å². The minimum atomic E-state index is -0.340. The highest BCUT2D eigenvalue weighted by Gasteiger charge is 2.22. The van der Waals surface area contributed by atoms with Crippen molar-refractivity contribution >= 4 is 28.7 Å².